The fourth-order valence-electron chi connectivity index (χ4n) is 3.67. The zero-order valence-electron chi connectivity index (χ0n) is 16.0. The molecule has 0 bridgehead atoms. The van der Waals surface area contributed by atoms with E-state index in [1.165, 1.54) is 12.1 Å². The number of pyridine rings is 1. The molecule has 3 aromatic rings. The predicted octanol–water partition coefficient (Wildman–Crippen LogP) is 4.29. The van der Waals surface area contributed by atoms with Crippen molar-refractivity contribution >= 4 is 5.91 Å². The summed E-state index contributed by atoms with van der Waals surface area (Å²) in [5, 5.41) is 0. The van der Waals surface area contributed by atoms with Gasteiger partial charge in [0.15, 0.2) is 5.82 Å². The Kier molecular flexibility index (Phi) is 4.27. The monoisotopic (exact) mass is 414 g/mol. The van der Waals surface area contributed by atoms with E-state index in [9.17, 15) is 18.0 Å². The van der Waals surface area contributed by atoms with Crippen molar-refractivity contribution in [1.82, 2.24) is 19.4 Å². The van der Waals surface area contributed by atoms with Crippen LogP contribution in [0.15, 0.2) is 30.3 Å². The first-order valence-corrected chi connectivity index (χ1v) is 9.57. The van der Waals surface area contributed by atoms with Crippen molar-refractivity contribution in [2.24, 2.45) is 5.92 Å². The average molecular weight is 414 g/mol. The lowest BCUT2D eigenvalue weighted by Gasteiger charge is -2.16. The highest BCUT2D eigenvalue weighted by atomic mass is 19.2. The SMILES string of the molecule is Cc1nc2n(c1-c1ccc(Oc3ccc(F)c(F)n3)cc1F)CN(CC1CC1)C2=O. The Labute approximate surface area is 169 Å². The Bertz CT molecular complexity index is 1170. The second-order valence-corrected chi connectivity index (χ2v) is 7.58. The van der Waals surface area contributed by atoms with E-state index >= 15 is 0 Å². The molecule has 1 fully saturated rings. The second-order valence-electron chi connectivity index (χ2n) is 7.58. The first-order valence-electron chi connectivity index (χ1n) is 9.57. The number of ether oxygens (including phenoxy) is 1. The maximum absolute atomic E-state index is 14.9. The van der Waals surface area contributed by atoms with Crippen LogP contribution in [-0.2, 0) is 6.67 Å². The molecule has 1 aliphatic carbocycles. The molecule has 0 unspecified atom stereocenters. The third-order valence-corrected chi connectivity index (χ3v) is 5.30. The lowest BCUT2D eigenvalue weighted by molar-refractivity contribution is 0.0758. The maximum Gasteiger partial charge on any atom is 0.291 e. The first kappa shape index (κ1) is 18.7. The number of carbonyl (C=O) groups excluding carboxylic acids is 1. The van der Waals surface area contributed by atoms with Gasteiger partial charge in [-0.1, -0.05) is 0 Å². The van der Waals surface area contributed by atoms with Crippen LogP contribution in [0, 0.1) is 30.4 Å². The van der Waals surface area contributed by atoms with Gasteiger partial charge < -0.3 is 14.2 Å². The van der Waals surface area contributed by atoms with Crippen LogP contribution in [-0.4, -0.2) is 31.9 Å². The minimum absolute atomic E-state index is 0.0833. The molecular formula is C21H17F3N4O2. The molecule has 9 heteroatoms. The van der Waals surface area contributed by atoms with Gasteiger partial charge in [-0.15, -0.1) is 0 Å². The first-order chi connectivity index (χ1) is 14.4. The van der Waals surface area contributed by atoms with Crippen LogP contribution in [0.1, 0.15) is 29.2 Å². The highest BCUT2D eigenvalue weighted by Gasteiger charge is 2.36. The summed E-state index contributed by atoms with van der Waals surface area (Å²) in [6.07, 6.45) is 2.25. The molecule has 0 atom stereocenters. The van der Waals surface area contributed by atoms with E-state index < -0.39 is 17.6 Å². The van der Waals surface area contributed by atoms with Gasteiger partial charge in [0.05, 0.1) is 18.1 Å². The van der Waals surface area contributed by atoms with Gasteiger partial charge in [0.1, 0.15) is 11.6 Å². The van der Waals surface area contributed by atoms with Gasteiger partial charge in [0.2, 0.25) is 11.7 Å². The lowest BCUT2D eigenvalue weighted by Crippen LogP contribution is -2.27. The number of rotatable bonds is 5. The highest BCUT2D eigenvalue weighted by molar-refractivity contribution is 5.94. The van der Waals surface area contributed by atoms with Crippen LogP contribution < -0.4 is 4.74 Å². The molecule has 154 valence electrons. The van der Waals surface area contributed by atoms with Crippen molar-refractivity contribution < 1.29 is 22.7 Å². The van der Waals surface area contributed by atoms with Gasteiger partial charge in [-0.25, -0.2) is 13.8 Å². The summed E-state index contributed by atoms with van der Waals surface area (Å²) in [5.74, 6) is -2.37. The second kappa shape index (κ2) is 6.86. The summed E-state index contributed by atoms with van der Waals surface area (Å²) in [5.41, 5.74) is 1.36. The molecule has 3 heterocycles. The molecule has 30 heavy (non-hydrogen) atoms. The summed E-state index contributed by atoms with van der Waals surface area (Å²) in [6.45, 7) is 2.77. The fourth-order valence-corrected chi connectivity index (χ4v) is 3.67. The quantitative estimate of drug-likeness (QED) is 0.585. The molecule has 2 aromatic heterocycles. The number of hydrogen-bond donors (Lipinski definition) is 0. The summed E-state index contributed by atoms with van der Waals surface area (Å²) < 4.78 is 48.3. The molecule has 0 radical (unpaired) electrons. The summed E-state index contributed by atoms with van der Waals surface area (Å²) in [7, 11) is 0. The molecular weight excluding hydrogens is 397 g/mol. The molecule has 1 amide bonds. The molecule has 0 spiro atoms. The summed E-state index contributed by atoms with van der Waals surface area (Å²) in [6, 6.07) is 6.18. The van der Waals surface area contributed by atoms with Crippen LogP contribution in [0.2, 0.25) is 0 Å². The van der Waals surface area contributed by atoms with E-state index in [-0.39, 0.29) is 23.1 Å². The fraction of sp³-hybridized carbons (Fsp3) is 0.286. The Hall–Kier alpha value is -3.36. The Morgan fingerprint density at radius 2 is 1.90 bits per heavy atom. The molecule has 1 aliphatic heterocycles. The van der Waals surface area contributed by atoms with E-state index in [0.29, 0.717) is 36.3 Å². The zero-order chi connectivity index (χ0) is 21.0. The summed E-state index contributed by atoms with van der Waals surface area (Å²) in [4.78, 5) is 22.1. The van der Waals surface area contributed by atoms with E-state index in [1.807, 2.05) is 0 Å². The number of aromatic nitrogens is 3. The molecule has 0 saturated heterocycles. The Morgan fingerprint density at radius 1 is 1.10 bits per heavy atom. The van der Waals surface area contributed by atoms with Crippen LogP contribution >= 0.6 is 0 Å². The zero-order valence-corrected chi connectivity index (χ0v) is 16.0. The largest absolute Gasteiger partial charge is 0.439 e. The van der Waals surface area contributed by atoms with Gasteiger partial charge in [-0.2, -0.15) is 9.37 Å². The number of halogens is 3. The predicted molar refractivity (Wildman–Crippen MR) is 100 cm³/mol. The molecule has 6 nitrogen and oxygen atoms in total. The van der Waals surface area contributed by atoms with Crippen molar-refractivity contribution in [1.29, 1.82) is 0 Å². The topological polar surface area (TPSA) is 60.2 Å². The van der Waals surface area contributed by atoms with Crippen molar-refractivity contribution in [3.63, 3.8) is 0 Å². The Morgan fingerprint density at radius 3 is 2.60 bits per heavy atom. The number of carbonyl (C=O) groups is 1. The molecule has 2 aliphatic rings. The standard InChI is InChI=1S/C21H17F3N4O2/c1-11-18(28-10-27(9-12-2-3-12)21(29)20(28)25-11)14-5-4-13(8-16(14)23)30-17-7-6-15(22)19(24)26-17/h4-8,12H,2-3,9-10H2,1H3. The van der Waals surface area contributed by atoms with E-state index in [4.69, 9.17) is 4.74 Å². The number of imidazole rings is 1. The molecule has 0 N–H and O–H groups in total. The van der Waals surface area contributed by atoms with Crippen molar-refractivity contribution in [3.8, 4) is 22.9 Å². The minimum atomic E-state index is -1.30. The van der Waals surface area contributed by atoms with Crippen LogP contribution in [0.25, 0.3) is 11.3 Å². The lowest BCUT2D eigenvalue weighted by atomic mass is 10.1. The van der Waals surface area contributed by atoms with Gasteiger partial charge >= 0.3 is 0 Å². The summed E-state index contributed by atoms with van der Waals surface area (Å²) >= 11 is 0. The normalized spacial score (nSPS) is 15.6. The van der Waals surface area contributed by atoms with Crippen LogP contribution in [0.3, 0.4) is 0 Å². The smallest absolute Gasteiger partial charge is 0.291 e. The van der Waals surface area contributed by atoms with Crippen LogP contribution in [0.5, 0.6) is 11.6 Å². The van der Waals surface area contributed by atoms with Gasteiger partial charge in [-0.3, -0.25) is 4.79 Å². The van der Waals surface area contributed by atoms with Crippen LogP contribution in [0.4, 0.5) is 13.2 Å². The third kappa shape index (κ3) is 3.20. The van der Waals surface area contributed by atoms with Gasteiger partial charge in [0.25, 0.3) is 11.9 Å². The van der Waals surface area contributed by atoms with E-state index in [1.54, 1.807) is 16.4 Å². The molecule has 1 saturated carbocycles. The number of benzene rings is 1. The van der Waals surface area contributed by atoms with Gasteiger partial charge in [0, 0.05) is 24.2 Å². The molecule has 5 rings (SSSR count). The average Bonchev–Trinajstić information content (AvgIpc) is 3.40. The highest BCUT2D eigenvalue weighted by Crippen LogP contribution is 2.36. The number of nitrogens with zero attached hydrogens (tertiary/aromatic N) is 4. The van der Waals surface area contributed by atoms with Gasteiger partial charge in [-0.05, 0) is 43.9 Å². The van der Waals surface area contributed by atoms with E-state index in [0.717, 1.165) is 31.0 Å². The van der Waals surface area contributed by atoms with E-state index in [2.05, 4.69) is 9.97 Å². The third-order valence-electron chi connectivity index (χ3n) is 5.30. The number of hydrogen-bond acceptors (Lipinski definition) is 4. The Balaban J connectivity index is 1.44. The maximum atomic E-state index is 14.9. The van der Waals surface area contributed by atoms with Crippen molar-refractivity contribution in [2.75, 3.05) is 6.54 Å². The van der Waals surface area contributed by atoms with Crippen molar-refractivity contribution in [2.45, 2.75) is 26.4 Å². The molecule has 1 aromatic carbocycles. The number of aryl methyl sites for hydroxylation is 1. The van der Waals surface area contributed by atoms with Crippen molar-refractivity contribution in [3.05, 3.63) is 59.4 Å². The number of amides is 1. The minimum Gasteiger partial charge on any atom is -0.439 e. The number of fused-ring (bicyclic) bond motifs is 1.